The van der Waals surface area contributed by atoms with Crippen LogP contribution in [0.25, 0.3) is 0 Å². The van der Waals surface area contributed by atoms with E-state index in [0.29, 0.717) is 11.5 Å². The molecule has 74 valence electrons. The number of piperidine rings is 1. The molecule has 13 heavy (non-hydrogen) atoms. The third-order valence-electron chi connectivity index (χ3n) is 4.00. The summed E-state index contributed by atoms with van der Waals surface area (Å²) in [7, 11) is 0. The Labute approximate surface area is 80.3 Å². The van der Waals surface area contributed by atoms with Crippen molar-refractivity contribution in [2.24, 2.45) is 5.41 Å². The first-order chi connectivity index (χ1) is 5.99. The fourth-order valence-electron chi connectivity index (χ4n) is 3.57. The molecule has 0 saturated carbocycles. The van der Waals surface area contributed by atoms with Gasteiger partial charge in [-0.2, -0.15) is 0 Å². The average molecular weight is 181 g/mol. The van der Waals surface area contributed by atoms with Crippen LogP contribution >= 0.6 is 0 Å². The topological polar surface area (TPSA) is 20.3 Å². The highest BCUT2D eigenvalue weighted by atomic mass is 16.1. The minimum atomic E-state index is 0.161. The lowest BCUT2D eigenvalue weighted by Crippen LogP contribution is -2.48. The molecule has 2 fully saturated rings. The van der Waals surface area contributed by atoms with Crippen molar-refractivity contribution >= 4 is 6.41 Å². The minimum absolute atomic E-state index is 0.161. The molecule has 0 aromatic heterocycles. The predicted octanol–water partition coefficient (Wildman–Crippen LogP) is 2.19. The van der Waals surface area contributed by atoms with Crippen LogP contribution in [0.3, 0.4) is 0 Å². The predicted molar refractivity (Wildman–Crippen MR) is 52.3 cm³/mol. The van der Waals surface area contributed by atoms with E-state index in [1.54, 1.807) is 0 Å². The molecule has 2 aliphatic rings. The monoisotopic (exact) mass is 181 g/mol. The van der Waals surface area contributed by atoms with Gasteiger partial charge in [-0.3, -0.25) is 4.79 Å². The van der Waals surface area contributed by atoms with E-state index in [4.69, 9.17) is 0 Å². The zero-order valence-electron chi connectivity index (χ0n) is 8.84. The fraction of sp³-hybridized carbons (Fsp3) is 0.909. The maximum absolute atomic E-state index is 11.0. The van der Waals surface area contributed by atoms with Crippen molar-refractivity contribution in [2.45, 2.75) is 58.0 Å². The van der Waals surface area contributed by atoms with Gasteiger partial charge in [0, 0.05) is 11.6 Å². The molecule has 0 radical (unpaired) electrons. The molecule has 2 bridgehead atoms. The standard InChI is InChI=1S/C11H19NO/c1-10(2)7-11(3)6-4-5-9(10)12(11)8-13/h8-9H,4-7H2,1-3H3/t9-,11+/m1/s1. The van der Waals surface area contributed by atoms with E-state index >= 15 is 0 Å². The Morgan fingerprint density at radius 2 is 2.08 bits per heavy atom. The zero-order valence-corrected chi connectivity index (χ0v) is 8.84. The Balaban J connectivity index is 2.36. The van der Waals surface area contributed by atoms with Crippen LogP contribution in [-0.2, 0) is 4.79 Å². The van der Waals surface area contributed by atoms with E-state index < -0.39 is 0 Å². The van der Waals surface area contributed by atoms with Gasteiger partial charge in [0.2, 0.25) is 6.41 Å². The number of amides is 1. The summed E-state index contributed by atoms with van der Waals surface area (Å²) >= 11 is 0. The van der Waals surface area contributed by atoms with Gasteiger partial charge < -0.3 is 4.90 Å². The summed E-state index contributed by atoms with van der Waals surface area (Å²) in [5.41, 5.74) is 0.486. The molecule has 2 nitrogen and oxygen atoms in total. The number of carbonyl (C=O) groups excluding carboxylic acids is 1. The molecule has 0 aromatic carbocycles. The van der Waals surface area contributed by atoms with Gasteiger partial charge in [0.05, 0.1) is 0 Å². The first kappa shape index (κ1) is 9.04. The van der Waals surface area contributed by atoms with Gasteiger partial charge in [-0.05, 0) is 38.0 Å². The van der Waals surface area contributed by atoms with Crippen molar-refractivity contribution in [3.63, 3.8) is 0 Å². The van der Waals surface area contributed by atoms with Crippen LogP contribution in [0.2, 0.25) is 0 Å². The second kappa shape index (κ2) is 2.49. The maximum atomic E-state index is 11.0. The van der Waals surface area contributed by atoms with Crippen molar-refractivity contribution in [1.82, 2.24) is 4.90 Å². The van der Waals surface area contributed by atoms with Gasteiger partial charge in [0.15, 0.2) is 0 Å². The van der Waals surface area contributed by atoms with Crippen LogP contribution in [0.1, 0.15) is 46.5 Å². The van der Waals surface area contributed by atoms with Gasteiger partial charge in [-0.1, -0.05) is 13.8 Å². The molecular formula is C11H19NO. The van der Waals surface area contributed by atoms with Gasteiger partial charge in [-0.25, -0.2) is 0 Å². The Bertz CT molecular complexity index is 236. The molecule has 2 heteroatoms. The van der Waals surface area contributed by atoms with E-state index in [2.05, 4.69) is 25.7 Å². The molecule has 2 atom stereocenters. The summed E-state index contributed by atoms with van der Waals surface area (Å²) in [6.45, 7) is 6.83. The highest BCUT2D eigenvalue weighted by Gasteiger charge is 2.54. The third-order valence-corrected chi connectivity index (χ3v) is 4.00. The Kier molecular flexibility index (Phi) is 1.73. The minimum Gasteiger partial charge on any atom is -0.336 e. The maximum Gasteiger partial charge on any atom is 0.210 e. The Morgan fingerprint density at radius 1 is 1.38 bits per heavy atom. The summed E-state index contributed by atoms with van der Waals surface area (Å²) in [5, 5.41) is 0. The van der Waals surface area contributed by atoms with Gasteiger partial charge >= 0.3 is 0 Å². The molecule has 0 unspecified atom stereocenters. The Hall–Kier alpha value is -0.530. The highest BCUT2D eigenvalue weighted by Crippen LogP contribution is 2.52. The normalized spacial score (nSPS) is 42.1. The summed E-state index contributed by atoms with van der Waals surface area (Å²) in [4.78, 5) is 13.1. The SMILES string of the molecule is CC1(C)C[C@]2(C)CCC[C@H]1N2C=O. The second-order valence-electron chi connectivity index (χ2n) is 5.58. The molecule has 0 N–H and O–H groups in total. The zero-order chi connectivity index (χ0) is 9.69. The summed E-state index contributed by atoms with van der Waals surface area (Å²) in [5.74, 6) is 0. The Morgan fingerprint density at radius 3 is 2.54 bits per heavy atom. The van der Waals surface area contributed by atoms with Crippen molar-refractivity contribution < 1.29 is 4.79 Å². The molecule has 0 aliphatic carbocycles. The van der Waals surface area contributed by atoms with Gasteiger partial charge in [0.25, 0.3) is 0 Å². The molecule has 2 saturated heterocycles. The van der Waals surface area contributed by atoms with Crippen LogP contribution in [0.5, 0.6) is 0 Å². The third kappa shape index (κ3) is 1.11. The van der Waals surface area contributed by atoms with E-state index in [0.717, 1.165) is 6.41 Å². The second-order valence-corrected chi connectivity index (χ2v) is 5.58. The quantitative estimate of drug-likeness (QED) is 0.568. The lowest BCUT2D eigenvalue weighted by Gasteiger charge is -2.40. The lowest BCUT2D eigenvalue weighted by atomic mass is 9.82. The molecule has 2 rings (SSSR count). The van der Waals surface area contributed by atoms with Crippen LogP contribution in [0.15, 0.2) is 0 Å². The smallest absolute Gasteiger partial charge is 0.210 e. The van der Waals surface area contributed by atoms with Crippen molar-refractivity contribution in [3.05, 3.63) is 0 Å². The van der Waals surface area contributed by atoms with Crippen LogP contribution in [0.4, 0.5) is 0 Å². The summed E-state index contributed by atoms with van der Waals surface area (Å²) in [6.07, 6.45) is 5.91. The summed E-state index contributed by atoms with van der Waals surface area (Å²) < 4.78 is 0. The largest absolute Gasteiger partial charge is 0.336 e. The number of fused-ring (bicyclic) bond motifs is 2. The number of hydrogen-bond acceptors (Lipinski definition) is 1. The number of nitrogens with zero attached hydrogens (tertiary/aromatic N) is 1. The van der Waals surface area contributed by atoms with Gasteiger partial charge in [-0.15, -0.1) is 0 Å². The molecule has 0 aromatic rings. The van der Waals surface area contributed by atoms with E-state index in [1.807, 2.05) is 0 Å². The molecule has 0 spiro atoms. The molecule has 2 aliphatic heterocycles. The van der Waals surface area contributed by atoms with Crippen molar-refractivity contribution in [2.75, 3.05) is 0 Å². The lowest BCUT2D eigenvalue weighted by molar-refractivity contribution is -0.126. The van der Waals surface area contributed by atoms with Crippen LogP contribution in [0, 0.1) is 5.41 Å². The first-order valence-electron chi connectivity index (χ1n) is 5.23. The van der Waals surface area contributed by atoms with Crippen LogP contribution in [-0.4, -0.2) is 22.9 Å². The van der Waals surface area contributed by atoms with Gasteiger partial charge in [0.1, 0.15) is 0 Å². The molecular weight excluding hydrogens is 162 g/mol. The average Bonchev–Trinajstić information content (AvgIpc) is 2.10. The fourth-order valence-corrected chi connectivity index (χ4v) is 3.57. The molecule has 1 amide bonds. The summed E-state index contributed by atoms with van der Waals surface area (Å²) in [6, 6.07) is 0.490. The number of rotatable bonds is 1. The van der Waals surface area contributed by atoms with Crippen molar-refractivity contribution in [1.29, 1.82) is 0 Å². The highest BCUT2D eigenvalue weighted by molar-refractivity contribution is 5.52. The van der Waals surface area contributed by atoms with E-state index in [-0.39, 0.29) is 5.54 Å². The number of hydrogen-bond donors (Lipinski definition) is 0. The number of carbonyl (C=O) groups is 1. The van der Waals surface area contributed by atoms with Crippen molar-refractivity contribution in [3.8, 4) is 0 Å². The van der Waals surface area contributed by atoms with E-state index in [1.165, 1.54) is 25.7 Å². The first-order valence-corrected chi connectivity index (χ1v) is 5.23. The van der Waals surface area contributed by atoms with E-state index in [9.17, 15) is 4.79 Å². The molecule has 2 heterocycles. The van der Waals surface area contributed by atoms with Crippen LogP contribution < -0.4 is 0 Å².